The predicted molar refractivity (Wildman–Crippen MR) is 110 cm³/mol. The van der Waals surface area contributed by atoms with Gasteiger partial charge in [0.2, 0.25) is 11.8 Å². The molecule has 0 saturated carbocycles. The second-order valence-electron chi connectivity index (χ2n) is 7.22. The monoisotopic (exact) mass is 398 g/mol. The molecule has 1 amide bonds. The minimum atomic E-state index is -0.691. The highest BCUT2D eigenvalue weighted by Crippen LogP contribution is 2.30. The molecule has 29 heavy (non-hydrogen) atoms. The number of nitrogens with zero attached hydrogens (tertiary/aromatic N) is 1. The Morgan fingerprint density at radius 2 is 1.97 bits per heavy atom. The first-order valence-corrected chi connectivity index (χ1v) is 9.77. The van der Waals surface area contributed by atoms with Crippen molar-refractivity contribution >= 4 is 29.2 Å². The van der Waals surface area contributed by atoms with Crippen molar-refractivity contribution < 1.29 is 23.5 Å². The SMILES string of the molecule is CCOC(=O)c1c(NC(=O)CN2CCCc3cc(C)ccc32)oc(C)c1C(C)=O. The third kappa shape index (κ3) is 4.34. The molecule has 0 radical (unpaired) electrons. The number of ether oxygens (including phenoxy) is 1. The lowest BCUT2D eigenvalue weighted by atomic mass is 9.99. The molecular weight excluding hydrogens is 372 g/mol. The third-order valence-corrected chi connectivity index (χ3v) is 4.95. The van der Waals surface area contributed by atoms with E-state index in [9.17, 15) is 14.4 Å². The van der Waals surface area contributed by atoms with Gasteiger partial charge in [0.05, 0.1) is 18.7 Å². The van der Waals surface area contributed by atoms with Crippen LogP contribution in [0.5, 0.6) is 0 Å². The summed E-state index contributed by atoms with van der Waals surface area (Å²) in [5.74, 6) is -1.11. The summed E-state index contributed by atoms with van der Waals surface area (Å²) in [4.78, 5) is 39.1. The molecule has 0 atom stereocenters. The van der Waals surface area contributed by atoms with Crippen molar-refractivity contribution in [1.82, 2.24) is 0 Å². The van der Waals surface area contributed by atoms with Gasteiger partial charge in [-0.3, -0.25) is 14.9 Å². The number of nitrogens with one attached hydrogen (secondary N) is 1. The van der Waals surface area contributed by atoms with Gasteiger partial charge in [-0.1, -0.05) is 17.7 Å². The Kier molecular flexibility index (Phi) is 6.06. The molecule has 0 aliphatic carbocycles. The van der Waals surface area contributed by atoms with E-state index in [0.29, 0.717) is 0 Å². The van der Waals surface area contributed by atoms with Gasteiger partial charge in [-0.2, -0.15) is 0 Å². The number of hydrogen-bond acceptors (Lipinski definition) is 6. The maximum Gasteiger partial charge on any atom is 0.344 e. The van der Waals surface area contributed by atoms with Crippen LogP contribution in [0.25, 0.3) is 0 Å². The summed E-state index contributed by atoms with van der Waals surface area (Å²) in [6.07, 6.45) is 1.95. The number of hydrogen-bond donors (Lipinski definition) is 1. The highest BCUT2D eigenvalue weighted by atomic mass is 16.5. The van der Waals surface area contributed by atoms with Crippen LogP contribution in [0.15, 0.2) is 22.6 Å². The number of rotatable bonds is 6. The second kappa shape index (κ2) is 8.51. The Hall–Kier alpha value is -3.09. The summed E-state index contributed by atoms with van der Waals surface area (Å²) in [6, 6.07) is 6.21. The van der Waals surface area contributed by atoms with Crippen molar-refractivity contribution in [2.24, 2.45) is 0 Å². The van der Waals surface area contributed by atoms with Crippen molar-refractivity contribution in [1.29, 1.82) is 0 Å². The first kappa shape index (κ1) is 20.6. The minimum Gasteiger partial charge on any atom is -0.462 e. The van der Waals surface area contributed by atoms with Crippen molar-refractivity contribution in [2.45, 2.75) is 40.5 Å². The average Bonchev–Trinajstić information content (AvgIpc) is 2.97. The number of Topliss-reactive ketones (excluding diaryl/α,β-unsaturated/α-hetero) is 1. The Balaban J connectivity index is 1.82. The normalized spacial score (nSPS) is 13.0. The number of benzene rings is 1. The zero-order valence-corrected chi connectivity index (χ0v) is 17.3. The molecule has 1 aromatic heterocycles. The van der Waals surface area contributed by atoms with Gasteiger partial charge in [-0.15, -0.1) is 0 Å². The summed E-state index contributed by atoms with van der Waals surface area (Å²) in [5, 5.41) is 2.66. The first-order valence-electron chi connectivity index (χ1n) is 9.77. The van der Waals surface area contributed by atoms with Gasteiger partial charge in [-0.25, -0.2) is 4.79 Å². The molecule has 1 aliphatic heterocycles. The number of carbonyl (C=O) groups is 3. The summed E-state index contributed by atoms with van der Waals surface area (Å²) in [6.45, 7) is 7.69. The fourth-order valence-corrected chi connectivity index (χ4v) is 3.76. The quantitative estimate of drug-likeness (QED) is 0.590. The molecule has 1 aliphatic rings. The van der Waals surface area contributed by atoms with Crippen molar-refractivity contribution in [2.75, 3.05) is 29.9 Å². The zero-order valence-electron chi connectivity index (χ0n) is 17.3. The van der Waals surface area contributed by atoms with Gasteiger partial charge < -0.3 is 14.1 Å². The number of furan rings is 1. The molecule has 0 saturated heterocycles. The zero-order chi connectivity index (χ0) is 21.1. The number of esters is 1. The van der Waals surface area contributed by atoms with Crippen LogP contribution in [0.3, 0.4) is 0 Å². The number of ketones is 1. The molecule has 7 heteroatoms. The number of carbonyl (C=O) groups excluding carboxylic acids is 3. The van der Waals surface area contributed by atoms with E-state index >= 15 is 0 Å². The van der Waals surface area contributed by atoms with Crippen LogP contribution < -0.4 is 10.2 Å². The number of anilines is 2. The molecule has 2 aromatic rings. The maximum atomic E-state index is 12.7. The molecule has 154 valence electrons. The summed E-state index contributed by atoms with van der Waals surface area (Å²) in [7, 11) is 0. The Morgan fingerprint density at radius 3 is 2.66 bits per heavy atom. The lowest BCUT2D eigenvalue weighted by molar-refractivity contribution is -0.115. The molecule has 0 bridgehead atoms. The van der Waals surface area contributed by atoms with Crippen molar-refractivity contribution in [3.05, 3.63) is 46.2 Å². The van der Waals surface area contributed by atoms with Crippen LogP contribution in [-0.2, 0) is 16.0 Å². The van der Waals surface area contributed by atoms with Crippen molar-refractivity contribution in [3.8, 4) is 0 Å². The predicted octanol–water partition coefficient (Wildman–Crippen LogP) is 3.67. The van der Waals surface area contributed by atoms with Crippen LogP contribution >= 0.6 is 0 Å². The van der Waals surface area contributed by atoms with Crippen LogP contribution in [0.4, 0.5) is 11.6 Å². The van der Waals surface area contributed by atoms with Crippen LogP contribution in [0.1, 0.15) is 57.9 Å². The molecule has 1 N–H and O–H groups in total. The second-order valence-corrected chi connectivity index (χ2v) is 7.22. The highest BCUT2D eigenvalue weighted by molar-refractivity contribution is 6.11. The minimum absolute atomic E-state index is 0.0279. The van der Waals surface area contributed by atoms with Gasteiger partial charge in [0.1, 0.15) is 11.3 Å². The Bertz CT molecular complexity index is 960. The molecular formula is C22H26N2O5. The number of fused-ring (bicyclic) bond motifs is 1. The summed E-state index contributed by atoms with van der Waals surface area (Å²) in [5.41, 5.74) is 3.57. The highest BCUT2D eigenvalue weighted by Gasteiger charge is 2.29. The van der Waals surface area contributed by atoms with E-state index < -0.39 is 5.97 Å². The van der Waals surface area contributed by atoms with Gasteiger partial charge >= 0.3 is 5.97 Å². The van der Waals surface area contributed by atoms with Gasteiger partial charge in [-0.05, 0) is 52.2 Å². The average molecular weight is 398 g/mol. The molecule has 0 fully saturated rings. The molecule has 0 spiro atoms. The Labute approximate surface area is 170 Å². The van der Waals surface area contributed by atoms with Gasteiger partial charge in [0.25, 0.3) is 0 Å². The standard InChI is InChI=1S/C22H26N2O5/c1-5-28-22(27)20-19(14(3)25)15(4)29-21(20)23-18(26)12-24-10-6-7-16-11-13(2)8-9-17(16)24/h8-9,11H,5-7,10,12H2,1-4H3,(H,23,26). The summed E-state index contributed by atoms with van der Waals surface area (Å²) >= 11 is 0. The fraction of sp³-hybridized carbons (Fsp3) is 0.409. The van der Waals surface area contributed by atoms with Crippen molar-refractivity contribution in [3.63, 3.8) is 0 Å². The third-order valence-electron chi connectivity index (χ3n) is 4.95. The van der Waals surface area contributed by atoms with E-state index in [1.165, 1.54) is 18.1 Å². The smallest absolute Gasteiger partial charge is 0.344 e. The first-order chi connectivity index (χ1) is 13.8. The van der Waals surface area contributed by atoms with Crippen LogP contribution in [0.2, 0.25) is 0 Å². The van der Waals surface area contributed by atoms with Crippen LogP contribution in [-0.4, -0.2) is 37.4 Å². The largest absolute Gasteiger partial charge is 0.462 e. The maximum absolute atomic E-state index is 12.7. The van der Waals surface area contributed by atoms with E-state index in [1.54, 1.807) is 13.8 Å². The lowest BCUT2D eigenvalue weighted by Gasteiger charge is -2.30. The number of aryl methyl sites for hydroxylation is 3. The molecule has 0 unspecified atom stereocenters. The topological polar surface area (TPSA) is 88.8 Å². The fourth-order valence-electron chi connectivity index (χ4n) is 3.76. The molecule has 3 rings (SSSR count). The van der Waals surface area contributed by atoms with E-state index in [4.69, 9.17) is 9.15 Å². The summed E-state index contributed by atoms with van der Waals surface area (Å²) < 4.78 is 10.6. The van der Waals surface area contributed by atoms with E-state index in [2.05, 4.69) is 18.3 Å². The van der Waals surface area contributed by atoms with Gasteiger partial charge in [0.15, 0.2) is 5.78 Å². The van der Waals surface area contributed by atoms with E-state index in [0.717, 1.165) is 25.1 Å². The van der Waals surface area contributed by atoms with Crippen LogP contribution in [0, 0.1) is 13.8 Å². The Morgan fingerprint density at radius 1 is 1.21 bits per heavy atom. The molecule has 7 nitrogen and oxygen atoms in total. The van der Waals surface area contributed by atoms with Gasteiger partial charge in [0, 0.05) is 12.2 Å². The molecule has 2 heterocycles. The lowest BCUT2D eigenvalue weighted by Crippen LogP contribution is -2.37. The van der Waals surface area contributed by atoms with E-state index in [1.807, 2.05) is 17.0 Å². The number of amides is 1. The molecule has 1 aromatic carbocycles. The van der Waals surface area contributed by atoms with E-state index in [-0.39, 0.29) is 47.6 Å².